The molecule has 0 aromatic carbocycles. The zero-order chi connectivity index (χ0) is 16.9. The van der Waals surface area contributed by atoms with Gasteiger partial charge in [-0.15, -0.1) is 11.3 Å². The Morgan fingerprint density at radius 1 is 1.39 bits per heavy atom. The van der Waals surface area contributed by atoms with E-state index in [-0.39, 0.29) is 24.3 Å². The van der Waals surface area contributed by atoms with Crippen LogP contribution in [-0.4, -0.2) is 29.5 Å². The van der Waals surface area contributed by atoms with Crippen LogP contribution in [0.25, 0.3) is 0 Å². The van der Waals surface area contributed by atoms with Gasteiger partial charge in [0, 0.05) is 10.8 Å². The lowest BCUT2D eigenvalue weighted by Crippen LogP contribution is -2.49. The summed E-state index contributed by atoms with van der Waals surface area (Å²) in [5.41, 5.74) is -1.10. The molecule has 2 rings (SSSR count). The van der Waals surface area contributed by atoms with Gasteiger partial charge in [-0.3, -0.25) is 9.59 Å². The zero-order valence-corrected chi connectivity index (χ0v) is 14.6. The second kappa shape index (κ2) is 7.93. The summed E-state index contributed by atoms with van der Waals surface area (Å²) in [7, 11) is 0. The van der Waals surface area contributed by atoms with Crippen LogP contribution in [0.2, 0.25) is 0 Å². The Hall–Kier alpha value is -1.40. The highest BCUT2D eigenvalue weighted by Crippen LogP contribution is 2.25. The first-order chi connectivity index (χ1) is 10.9. The molecule has 1 fully saturated rings. The molecule has 1 heterocycles. The minimum atomic E-state index is -1.10. The topological polar surface area (TPSA) is 78.4 Å². The van der Waals surface area contributed by atoms with E-state index in [9.17, 15) is 14.7 Å². The molecule has 3 N–H and O–H groups in total. The fourth-order valence-electron chi connectivity index (χ4n) is 2.85. The van der Waals surface area contributed by atoms with E-state index in [1.807, 2.05) is 17.5 Å². The smallest absolute Gasteiger partial charge is 0.242 e. The quantitative estimate of drug-likeness (QED) is 0.744. The Morgan fingerprint density at radius 3 is 2.70 bits per heavy atom. The normalized spacial score (nSPS) is 19.6. The predicted molar refractivity (Wildman–Crippen MR) is 91.1 cm³/mol. The van der Waals surface area contributed by atoms with Crippen LogP contribution in [0.5, 0.6) is 0 Å². The molecule has 1 aliphatic carbocycles. The third kappa shape index (κ3) is 5.04. The molecule has 0 bridgehead atoms. The lowest BCUT2D eigenvalue weighted by Gasteiger charge is -2.25. The van der Waals surface area contributed by atoms with Crippen molar-refractivity contribution in [2.24, 2.45) is 5.92 Å². The van der Waals surface area contributed by atoms with Crippen LogP contribution in [0.1, 0.15) is 50.8 Å². The Balaban J connectivity index is 1.79. The van der Waals surface area contributed by atoms with Gasteiger partial charge in [0.1, 0.15) is 11.6 Å². The first kappa shape index (κ1) is 17.9. The van der Waals surface area contributed by atoms with Crippen molar-refractivity contribution in [2.45, 2.75) is 57.6 Å². The van der Waals surface area contributed by atoms with E-state index in [1.165, 1.54) is 17.8 Å². The van der Waals surface area contributed by atoms with Gasteiger partial charge < -0.3 is 15.7 Å². The molecule has 6 heteroatoms. The van der Waals surface area contributed by atoms with Crippen molar-refractivity contribution in [3.63, 3.8) is 0 Å². The number of thiophene rings is 1. The van der Waals surface area contributed by atoms with Crippen molar-refractivity contribution < 1.29 is 14.7 Å². The molecular formula is C17H26N2O3S. The number of carbonyl (C=O) groups is 2. The van der Waals surface area contributed by atoms with Crippen LogP contribution in [-0.2, 0) is 15.2 Å². The molecule has 0 aliphatic heterocycles. The van der Waals surface area contributed by atoms with Crippen molar-refractivity contribution in [3.05, 3.63) is 22.4 Å². The molecule has 0 spiro atoms. The molecule has 1 aromatic rings. The summed E-state index contributed by atoms with van der Waals surface area (Å²) in [6.07, 6.45) is 5.18. The molecule has 0 saturated heterocycles. The molecule has 5 nitrogen and oxygen atoms in total. The Morgan fingerprint density at radius 2 is 2.09 bits per heavy atom. The summed E-state index contributed by atoms with van der Waals surface area (Å²) < 4.78 is 0. The number of aliphatic hydroxyl groups is 1. The number of nitrogens with one attached hydrogen (secondary N) is 2. The lowest BCUT2D eigenvalue weighted by molar-refractivity contribution is -0.131. The molecular weight excluding hydrogens is 312 g/mol. The minimum absolute atomic E-state index is 0.0302. The van der Waals surface area contributed by atoms with Crippen molar-refractivity contribution in [1.82, 2.24) is 10.6 Å². The zero-order valence-electron chi connectivity index (χ0n) is 13.8. The van der Waals surface area contributed by atoms with Crippen LogP contribution in [0.3, 0.4) is 0 Å². The van der Waals surface area contributed by atoms with Gasteiger partial charge in [0.05, 0.1) is 6.54 Å². The predicted octanol–water partition coefficient (Wildman–Crippen LogP) is 2.16. The van der Waals surface area contributed by atoms with Gasteiger partial charge in [-0.25, -0.2) is 0 Å². The van der Waals surface area contributed by atoms with Gasteiger partial charge in [0.2, 0.25) is 11.8 Å². The maximum Gasteiger partial charge on any atom is 0.242 e. The third-order valence-corrected chi connectivity index (χ3v) is 5.51. The average Bonchev–Trinajstić information content (AvgIpc) is 3.08. The van der Waals surface area contributed by atoms with Gasteiger partial charge in [0.15, 0.2) is 0 Å². The molecule has 1 aliphatic rings. The summed E-state index contributed by atoms with van der Waals surface area (Å²) in [6.45, 7) is 3.47. The standard InChI is InChI=1S/C17H26N2O3S/c1-12(19-16(21)13-7-4-3-5-8-13)15(20)18-11-17(2,22)14-9-6-10-23-14/h6,9-10,12-13,22H,3-5,7-8,11H2,1-2H3,(H,18,20)(H,19,21)/t12-,17-/m0/s1. The first-order valence-corrected chi connectivity index (χ1v) is 9.12. The monoisotopic (exact) mass is 338 g/mol. The number of hydrogen-bond donors (Lipinski definition) is 3. The van der Waals surface area contributed by atoms with Crippen LogP contribution in [0.15, 0.2) is 17.5 Å². The van der Waals surface area contributed by atoms with Gasteiger partial charge in [-0.05, 0) is 38.1 Å². The summed E-state index contributed by atoms with van der Waals surface area (Å²) in [6, 6.07) is 3.11. The van der Waals surface area contributed by atoms with Crippen molar-refractivity contribution in [1.29, 1.82) is 0 Å². The van der Waals surface area contributed by atoms with Gasteiger partial charge in [0.25, 0.3) is 0 Å². The number of hydrogen-bond acceptors (Lipinski definition) is 4. The van der Waals surface area contributed by atoms with E-state index in [0.29, 0.717) is 0 Å². The van der Waals surface area contributed by atoms with E-state index < -0.39 is 11.6 Å². The van der Waals surface area contributed by atoms with Crippen molar-refractivity contribution in [2.75, 3.05) is 6.54 Å². The fraction of sp³-hybridized carbons (Fsp3) is 0.647. The van der Waals surface area contributed by atoms with Gasteiger partial charge in [-0.2, -0.15) is 0 Å². The second-order valence-electron chi connectivity index (χ2n) is 6.53. The highest BCUT2D eigenvalue weighted by molar-refractivity contribution is 7.10. The lowest BCUT2D eigenvalue weighted by atomic mass is 9.88. The third-order valence-electron chi connectivity index (χ3n) is 4.39. The molecule has 2 amide bonds. The van der Waals surface area contributed by atoms with Crippen molar-refractivity contribution in [3.8, 4) is 0 Å². The number of amides is 2. The van der Waals surface area contributed by atoms with Crippen LogP contribution in [0.4, 0.5) is 0 Å². The van der Waals surface area contributed by atoms with E-state index in [2.05, 4.69) is 10.6 Å². The minimum Gasteiger partial charge on any atom is -0.383 e. The summed E-state index contributed by atoms with van der Waals surface area (Å²) >= 11 is 1.45. The highest BCUT2D eigenvalue weighted by Gasteiger charge is 2.27. The molecule has 1 saturated carbocycles. The molecule has 0 radical (unpaired) electrons. The van der Waals surface area contributed by atoms with Crippen molar-refractivity contribution >= 4 is 23.2 Å². The number of rotatable bonds is 6. The molecule has 23 heavy (non-hydrogen) atoms. The van der Waals surface area contributed by atoms with Gasteiger partial charge in [-0.1, -0.05) is 25.3 Å². The summed E-state index contributed by atoms with van der Waals surface area (Å²) in [5.74, 6) is -0.267. The first-order valence-electron chi connectivity index (χ1n) is 8.24. The molecule has 128 valence electrons. The SMILES string of the molecule is C[C@H](NC(=O)C1CCCCC1)C(=O)NC[C@](C)(O)c1cccs1. The van der Waals surface area contributed by atoms with E-state index in [4.69, 9.17) is 0 Å². The maximum atomic E-state index is 12.2. The average molecular weight is 338 g/mol. The summed E-state index contributed by atoms with van der Waals surface area (Å²) in [5, 5.41) is 17.8. The van der Waals surface area contributed by atoms with Gasteiger partial charge >= 0.3 is 0 Å². The Bertz CT molecular complexity index is 522. The maximum absolute atomic E-state index is 12.2. The molecule has 2 atom stereocenters. The Labute approximate surface area is 141 Å². The largest absolute Gasteiger partial charge is 0.383 e. The van der Waals surface area contributed by atoms with E-state index in [1.54, 1.807) is 13.8 Å². The second-order valence-corrected chi connectivity index (χ2v) is 7.48. The van der Waals surface area contributed by atoms with E-state index in [0.717, 1.165) is 30.6 Å². The molecule has 0 unspecified atom stereocenters. The van der Waals surface area contributed by atoms with Crippen LogP contribution in [0, 0.1) is 5.92 Å². The highest BCUT2D eigenvalue weighted by atomic mass is 32.1. The fourth-order valence-corrected chi connectivity index (χ4v) is 3.63. The van der Waals surface area contributed by atoms with E-state index >= 15 is 0 Å². The van der Waals surface area contributed by atoms with Crippen LogP contribution < -0.4 is 10.6 Å². The number of carbonyl (C=O) groups excluding carboxylic acids is 2. The molecule has 1 aromatic heterocycles. The Kier molecular flexibility index (Phi) is 6.18. The van der Waals surface area contributed by atoms with Crippen LogP contribution >= 0.6 is 11.3 Å². The summed E-state index contributed by atoms with van der Waals surface area (Å²) in [4.78, 5) is 25.1.